The number of carboxylic acid groups (broad SMARTS) is 1. The number of benzene rings is 1. The van der Waals surface area contributed by atoms with Crippen molar-refractivity contribution < 1.29 is 18.3 Å². The predicted octanol–water partition coefficient (Wildman–Crippen LogP) is 2.23. The second kappa shape index (κ2) is 7.40. The Balaban J connectivity index is 2.48. The summed E-state index contributed by atoms with van der Waals surface area (Å²) in [6.07, 6.45) is 2.03. The van der Waals surface area contributed by atoms with Gasteiger partial charge >= 0.3 is 5.97 Å². The van der Waals surface area contributed by atoms with Gasteiger partial charge in [-0.3, -0.25) is 4.79 Å². The van der Waals surface area contributed by atoms with E-state index in [2.05, 4.69) is 4.72 Å². The topological polar surface area (TPSA) is 83.5 Å². The van der Waals surface area contributed by atoms with Gasteiger partial charge in [0.2, 0.25) is 10.0 Å². The lowest BCUT2D eigenvalue weighted by Crippen LogP contribution is -2.25. The molecule has 0 amide bonds. The highest BCUT2D eigenvalue weighted by Gasteiger charge is 2.15. The van der Waals surface area contributed by atoms with Crippen LogP contribution < -0.4 is 4.72 Å². The van der Waals surface area contributed by atoms with Gasteiger partial charge in [0.25, 0.3) is 0 Å². The SMILES string of the molecule is Cc1ccc(S(=O)(=O)NCCCCCC(=O)O)c(C)c1. The van der Waals surface area contributed by atoms with Crippen LogP contribution in [0.4, 0.5) is 0 Å². The van der Waals surface area contributed by atoms with Gasteiger partial charge in [-0.15, -0.1) is 0 Å². The number of sulfonamides is 1. The molecule has 0 atom stereocenters. The first-order valence-corrected chi connectivity index (χ1v) is 8.10. The number of hydrogen-bond acceptors (Lipinski definition) is 3. The summed E-state index contributed by atoms with van der Waals surface area (Å²) in [5.41, 5.74) is 1.75. The number of carbonyl (C=O) groups is 1. The first kappa shape index (κ1) is 16.7. The summed E-state index contributed by atoms with van der Waals surface area (Å²) >= 11 is 0. The van der Waals surface area contributed by atoms with E-state index < -0.39 is 16.0 Å². The van der Waals surface area contributed by atoms with E-state index in [-0.39, 0.29) is 6.42 Å². The minimum absolute atomic E-state index is 0.129. The van der Waals surface area contributed by atoms with Crippen LogP contribution in [0.2, 0.25) is 0 Å². The lowest BCUT2D eigenvalue weighted by Gasteiger charge is -2.09. The van der Waals surface area contributed by atoms with E-state index in [0.717, 1.165) is 11.1 Å². The lowest BCUT2D eigenvalue weighted by molar-refractivity contribution is -0.137. The van der Waals surface area contributed by atoms with Gasteiger partial charge < -0.3 is 5.11 Å². The number of hydrogen-bond donors (Lipinski definition) is 2. The molecular weight excluding hydrogens is 278 g/mol. The molecule has 0 aliphatic rings. The van der Waals surface area contributed by atoms with Crippen molar-refractivity contribution >= 4 is 16.0 Å². The standard InChI is InChI=1S/C14H21NO4S/c1-11-7-8-13(12(2)10-11)20(18,19)15-9-5-3-4-6-14(16)17/h7-8,10,15H,3-6,9H2,1-2H3,(H,16,17). The molecular formula is C14H21NO4S. The zero-order valence-electron chi connectivity index (χ0n) is 11.8. The molecule has 0 saturated carbocycles. The first-order valence-electron chi connectivity index (χ1n) is 6.61. The average Bonchev–Trinajstić information content (AvgIpc) is 2.32. The van der Waals surface area contributed by atoms with E-state index in [4.69, 9.17) is 5.11 Å². The molecule has 2 N–H and O–H groups in total. The van der Waals surface area contributed by atoms with Crippen LogP contribution >= 0.6 is 0 Å². The molecule has 0 bridgehead atoms. The smallest absolute Gasteiger partial charge is 0.303 e. The summed E-state index contributed by atoms with van der Waals surface area (Å²) in [5.74, 6) is -0.819. The molecule has 0 aliphatic heterocycles. The normalized spacial score (nSPS) is 11.5. The average molecular weight is 299 g/mol. The molecule has 112 valence electrons. The molecule has 6 heteroatoms. The number of nitrogens with one attached hydrogen (secondary N) is 1. The molecule has 1 aromatic rings. The fraction of sp³-hybridized carbons (Fsp3) is 0.500. The van der Waals surface area contributed by atoms with Crippen molar-refractivity contribution in [3.8, 4) is 0 Å². The van der Waals surface area contributed by atoms with Gasteiger partial charge in [0, 0.05) is 13.0 Å². The minimum Gasteiger partial charge on any atom is -0.481 e. The van der Waals surface area contributed by atoms with Crippen LogP contribution in [0.15, 0.2) is 23.1 Å². The molecule has 5 nitrogen and oxygen atoms in total. The van der Waals surface area contributed by atoms with Crippen molar-refractivity contribution in [2.75, 3.05) is 6.54 Å². The maximum Gasteiger partial charge on any atom is 0.303 e. The van der Waals surface area contributed by atoms with Gasteiger partial charge in [0.1, 0.15) is 0 Å². The van der Waals surface area contributed by atoms with Gasteiger partial charge in [0.05, 0.1) is 4.90 Å². The Hall–Kier alpha value is -1.40. The molecule has 0 fully saturated rings. The summed E-state index contributed by atoms with van der Waals surface area (Å²) in [7, 11) is -3.48. The Labute approximate surface area is 120 Å². The second-order valence-corrected chi connectivity index (χ2v) is 6.61. The number of unbranched alkanes of at least 4 members (excludes halogenated alkanes) is 2. The summed E-state index contributed by atoms with van der Waals surface area (Å²) in [6, 6.07) is 5.22. The van der Waals surface area contributed by atoms with Crippen LogP contribution in [0.5, 0.6) is 0 Å². The van der Waals surface area contributed by atoms with Crippen LogP contribution in [0.25, 0.3) is 0 Å². The third kappa shape index (κ3) is 5.30. The Morgan fingerprint density at radius 1 is 1.20 bits per heavy atom. The molecule has 0 saturated heterocycles. The molecule has 0 aromatic heterocycles. The molecule has 0 spiro atoms. The Bertz CT molecular complexity index is 567. The quantitative estimate of drug-likeness (QED) is 0.721. The lowest BCUT2D eigenvalue weighted by atomic mass is 10.2. The summed E-state index contributed by atoms with van der Waals surface area (Å²) in [4.78, 5) is 10.6. The Kier molecular flexibility index (Phi) is 6.16. The molecule has 0 heterocycles. The van der Waals surface area contributed by atoms with Crippen molar-refractivity contribution in [2.45, 2.75) is 44.4 Å². The molecule has 1 rings (SSSR count). The second-order valence-electron chi connectivity index (χ2n) is 4.87. The van der Waals surface area contributed by atoms with Crippen molar-refractivity contribution in [3.05, 3.63) is 29.3 Å². The maximum absolute atomic E-state index is 12.1. The first-order chi connectivity index (χ1) is 9.33. The van der Waals surface area contributed by atoms with Gasteiger partial charge in [-0.1, -0.05) is 24.1 Å². The Morgan fingerprint density at radius 3 is 2.50 bits per heavy atom. The fourth-order valence-electron chi connectivity index (χ4n) is 1.96. The van der Waals surface area contributed by atoms with E-state index in [1.807, 2.05) is 13.0 Å². The largest absolute Gasteiger partial charge is 0.481 e. The van der Waals surface area contributed by atoms with Crippen LogP contribution in [0, 0.1) is 13.8 Å². The number of carboxylic acids is 1. The highest BCUT2D eigenvalue weighted by Crippen LogP contribution is 2.16. The van der Waals surface area contributed by atoms with Gasteiger partial charge in [-0.05, 0) is 38.3 Å². The Morgan fingerprint density at radius 2 is 1.90 bits per heavy atom. The van der Waals surface area contributed by atoms with Crippen molar-refractivity contribution in [1.29, 1.82) is 0 Å². The maximum atomic E-state index is 12.1. The van der Waals surface area contributed by atoms with E-state index >= 15 is 0 Å². The number of aliphatic carboxylic acids is 1. The zero-order valence-corrected chi connectivity index (χ0v) is 12.7. The van der Waals surface area contributed by atoms with Gasteiger partial charge in [0.15, 0.2) is 0 Å². The van der Waals surface area contributed by atoms with E-state index in [0.29, 0.717) is 30.7 Å². The highest BCUT2D eigenvalue weighted by molar-refractivity contribution is 7.89. The van der Waals surface area contributed by atoms with Crippen LogP contribution in [0.1, 0.15) is 36.8 Å². The third-order valence-electron chi connectivity index (χ3n) is 2.98. The third-order valence-corrected chi connectivity index (χ3v) is 4.60. The fourth-order valence-corrected chi connectivity index (χ4v) is 3.26. The minimum atomic E-state index is -3.48. The van der Waals surface area contributed by atoms with E-state index in [1.165, 1.54) is 0 Å². The molecule has 0 aliphatic carbocycles. The van der Waals surface area contributed by atoms with Crippen molar-refractivity contribution in [3.63, 3.8) is 0 Å². The summed E-state index contributed by atoms with van der Waals surface area (Å²) in [6.45, 7) is 4.02. The summed E-state index contributed by atoms with van der Waals surface area (Å²) in [5, 5.41) is 8.49. The highest BCUT2D eigenvalue weighted by atomic mass is 32.2. The van der Waals surface area contributed by atoms with E-state index in [9.17, 15) is 13.2 Å². The molecule has 1 aromatic carbocycles. The van der Waals surface area contributed by atoms with Gasteiger partial charge in [-0.2, -0.15) is 0 Å². The van der Waals surface area contributed by atoms with Crippen LogP contribution in [-0.2, 0) is 14.8 Å². The monoisotopic (exact) mass is 299 g/mol. The molecule has 0 radical (unpaired) electrons. The summed E-state index contributed by atoms with van der Waals surface area (Å²) < 4.78 is 26.7. The zero-order chi connectivity index (χ0) is 15.2. The number of rotatable bonds is 8. The van der Waals surface area contributed by atoms with Crippen LogP contribution in [-0.4, -0.2) is 26.0 Å². The van der Waals surface area contributed by atoms with Gasteiger partial charge in [-0.25, -0.2) is 13.1 Å². The van der Waals surface area contributed by atoms with Crippen molar-refractivity contribution in [2.24, 2.45) is 0 Å². The van der Waals surface area contributed by atoms with Crippen LogP contribution in [0.3, 0.4) is 0 Å². The number of aryl methyl sites for hydroxylation is 2. The van der Waals surface area contributed by atoms with E-state index in [1.54, 1.807) is 19.1 Å². The van der Waals surface area contributed by atoms with Crippen molar-refractivity contribution in [1.82, 2.24) is 4.72 Å². The molecule has 0 unspecified atom stereocenters. The predicted molar refractivity (Wildman–Crippen MR) is 77.2 cm³/mol. The molecule has 20 heavy (non-hydrogen) atoms.